The van der Waals surface area contributed by atoms with Gasteiger partial charge in [-0.05, 0) is 44.9 Å². The van der Waals surface area contributed by atoms with E-state index in [1.54, 1.807) is 6.08 Å². The second-order valence-corrected chi connectivity index (χ2v) is 12.2. The molecule has 1 heterocycles. The van der Waals surface area contributed by atoms with Crippen LogP contribution in [0.15, 0.2) is 36.5 Å². The smallest absolute Gasteiger partial charge is 0.394 e. The molecular formula is C31H55NO12S. The number of unbranched alkanes of at least 4 members (excludes halogenated alkanes) is 7. The highest BCUT2D eigenvalue weighted by Gasteiger charge is 2.48. The first-order valence-corrected chi connectivity index (χ1v) is 17.3. The Bertz CT molecular complexity index is 989. The first kappa shape index (κ1) is 41.3. The molecule has 13 nitrogen and oxygen atoms in total. The molecule has 0 saturated carbocycles. The van der Waals surface area contributed by atoms with Crippen LogP contribution in [0.5, 0.6) is 0 Å². The molecule has 0 spiro atoms. The fourth-order valence-electron chi connectivity index (χ4n) is 4.58. The molecule has 0 aromatic carbocycles. The van der Waals surface area contributed by atoms with Crippen molar-refractivity contribution in [1.82, 2.24) is 5.32 Å². The highest BCUT2D eigenvalue weighted by molar-refractivity contribution is 7.80. The lowest BCUT2D eigenvalue weighted by atomic mass is 9.99. The zero-order valence-corrected chi connectivity index (χ0v) is 27.3. The lowest BCUT2D eigenvalue weighted by Gasteiger charge is -2.41. The Morgan fingerprint density at radius 3 is 2.16 bits per heavy atom. The van der Waals surface area contributed by atoms with Crippen molar-refractivity contribution in [1.29, 1.82) is 0 Å². The minimum atomic E-state index is -5.11. The van der Waals surface area contributed by atoms with Crippen LogP contribution >= 0.6 is 0 Å². The number of ether oxygens (including phenoxy) is 2. The molecule has 14 heteroatoms. The molecule has 0 aliphatic carbocycles. The molecule has 262 valence electrons. The summed E-state index contributed by atoms with van der Waals surface area (Å²) in [7, 11) is -5.11. The Balaban J connectivity index is 2.89. The molecule has 0 aromatic heterocycles. The van der Waals surface area contributed by atoms with Crippen LogP contribution in [-0.4, -0.2) is 107 Å². The number of hydrogen-bond donors (Lipinski definition) is 7. The number of carbonyl (C=O) groups excluding carboxylic acids is 1. The minimum absolute atomic E-state index is 0.149. The third-order valence-electron chi connectivity index (χ3n) is 7.26. The summed E-state index contributed by atoms with van der Waals surface area (Å²) in [5.74, 6) is -0.757. The van der Waals surface area contributed by atoms with Crippen molar-refractivity contribution in [2.75, 3.05) is 13.2 Å². The average Bonchev–Trinajstić information content (AvgIpc) is 2.99. The van der Waals surface area contributed by atoms with Gasteiger partial charge in [0.1, 0.15) is 30.5 Å². The van der Waals surface area contributed by atoms with Crippen LogP contribution in [0.2, 0.25) is 0 Å². The summed E-state index contributed by atoms with van der Waals surface area (Å²) in [6.45, 7) is 2.96. The van der Waals surface area contributed by atoms with E-state index in [0.29, 0.717) is 12.8 Å². The van der Waals surface area contributed by atoms with Crippen molar-refractivity contribution in [3.8, 4) is 0 Å². The van der Waals surface area contributed by atoms with Crippen molar-refractivity contribution < 1.29 is 57.0 Å². The van der Waals surface area contributed by atoms with Gasteiger partial charge in [-0.1, -0.05) is 82.4 Å². The average molecular weight is 666 g/mol. The summed E-state index contributed by atoms with van der Waals surface area (Å²) in [6, 6.07) is -1.14. The predicted molar refractivity (Wildman–Crippen MR) is 168 cm³/mol. The highest BCUT2D eigenvalue weighted by Crippen LogP contribution is 2.25. The number of hydrogen-bond acceptors (Lipinski definition) is 11. The van der Waals surface area contributed by atoms with Crippen LogP contribution in [0.3, 0.4) is 0 Å². The maximum absolute atomic E-state index is 12.8. The Morgan fingerprint density at radius 1 is 0.889 bits per heavy atom. The van der Waals surface area contributed by atoms with Crippen molar-refractivity contribution >= 4 is 16.3 Å². The number of allylic oxidation sites excluding steroid dienone is 5. The number of aliphatic hydroxyl groups excluding tert-OH is 5. The third-order valence-corrected chi connectivity index (χ3v) is 7.72. The molecular weight excluding hydrogens is 610 g/mol. The van der Waals surface area contributed by atoms with Gasteiger partial charge in [0.05, 0.1) is 25.4 Å². The quantitative estimate of drug-likeness (QED) is 0.0449. The van der Waals surface area contributed by atoms with Crippen LogP contribution in [0.1, 0.15) is 90.9 Å². The third kappa shape index (κ3) is 17.7. The summed E-state index contributed by atoms with van der Waals surface area (Å²) in [6.07, 6.45) is 10.4. The maximum Gasteiger partial charge on any atom is 0.397 e. The molecule has 45 heavy (non-hydrogen) atoms. The van der Waals surface area contributed by atoms with Gasteiger partial charge in [0.2, 0.25) is 5.91 Å². The van der Waals surface area contributed by atoms with Gasteiger partial charge in [-0.2, -0.15) is 8.42 Å². The lowest BCUT2D eigenvalue weighted by Crippen LogP contribution is -2.61. The second kappa shape index (κ2) is 23.6. The predicted octanol–water partition coefficient (Wildman–Crippen LogP) is 2.23. The summed E-state index contributed by atoms with van der Waals surface area (Å²) < 4.78 is 46.9. The van der Waals surface area contributed by atoms with Crippen LogP contribution in [0.4, 0.5) is 0 Å². The van der Waals surface area contributed by atoms with Crippen LogP contribution < -0.4 is 5.32 Å². The fraction of sp³-hybridized carbons (Fsp3) is 0.774. The number of aliphatic hydroxyl groups is 5. The lowest BCUT2D eigenvalue weighted by molar-refractivity contribution is -0.298. The first-order valence-electron chi connectivity index (χ1n) is 16.0. The van der Waals surface area contributed by atoms with E-state index in [1.807, 2.05) is 18.2 Å². The molecule has 0 radical (unpaired) electrons. The number of amides is 1. The Labute approximate surface area is 267 Å². The molecule has 8 unspecified atom stereocenters. The Morgan fingerprint density at radius 2 is 1.51 bits per heavy atom. The molecule has 0 bridgehead atoms. The van der Waals surface area contributed by atoms with E-state index in [9.17, 15) is 38.7 Å². The van der Waals surface area contributed by atoms with Gasteiger partial charge < -0.3 is 40.3 Å². The van der Waals surface area contributed by atoms with E-state index in [-0.39, 0.29) is 6.42 Å². The Hall–Kier alpha value is -1.72. The first-order chi connectivity index (χ1) is 21.4. The van der Waals surface area contributed by atoms with Gasteiger partial charge in [0.25, 0.3) is 0 Å². The second-order valence-electron chi connectivity index (χ2n) is 11.2. The molecule has 0 aromatic rings. The van der Waals surface area contributed by atoms with Gasteiger partial charge in [0, 0.05) is 0 Å². The van der Waals surface area contributed by atoms with E-state index in [2.05, 4.69) is 29.4 Å². The largest absolute Gasteiger partial charge is 0.397 e. The summed E-state index contributed by atoms with van der Waals surface area (Å²) >= 11 is 0. The summed E-state index contributed by atoms with van der Waals surface area (Å²) in [5, 5.41) is 54.2. The van der Waals surface area contributed by atoms with E-state index >= 15 is 0 Å². The van der Waals surface area contributed by atoms with Crippen molar-refractivity contribution in [3.63, 3.8) is 0 Å². The van der Waals surface area contributed by atoms with E-state index in [0.717, 1.165) is 51.4 Å². The van der Waals surface area contributed by atoms with E-state index < -0.39 is 78.5 Å². The van der Waals surface area contributed by atoms with Crippen molar-refractivity contribution in [3.05, 3.63) is 36.5 Å². The summed E-state index contributed by atoms with van der Waals surface area (Å²) in [5.41, 5.74) is 0. The molecule has 7 N–H and O–H groups in total. The molecule has 1 aliphatic rings. The SMILES string of the molecule is CCCC/C=C/CC/C=C/C(O)C(COC1OC(CO)C(O)C(OS(=O)(=O)O)C1O)NC(=O)C(O)CC/C=C\CCCCCC. The molecule has 1 fully saturated rings. The fourth-order valence-corrected chi connectivity index (χ4v) is 5.09. The molecule has 8 atom stereocenters. The van der Waals surface area contributed by atoms with Gasteiger partial charge in [-0.15, -0.1) is 0 Å². The maximum atomic E-state index is 12.8. The van der Waals surface area contributed by atoms with Gasteiger partial charge in [-0.3, -0.25) is 9.35 Å². The van der Waals surface area contributed by atoms with Gasteiger partial charge in [-0.25, -0.2) is 4.18 Å². The molecule has 1 saturated heterocycles. The monoisotopic (exact) mass is 665 g/mol. The molecule has 1 amide bonds. The zero-order chi connectivity index (χ0) is 33.7. The number of carbonyl (C=O) groups is 1. The van der Waals surface area contributed by atoms with Gasteiger partial charge >= 0.3 is 10.4 Å². The van der Waals surface area contributed by atoms with Crippen molar-refractivity contribution in [2.24, 2.45) is 0 Å². The van der Waals surface area contributed by atoms with Crippen LogP contribution in [-0.2, 0) is 28.9 Å². The number of nitrogens with one attached hydrogen (secondary N) is 1. The standard InChI is InChI=1S/C31H55NO12S/c1-3-5-7-9-11-13-15-17-19-24(34)23(32-30(38)25(35)20-18-16-14-12-10-8-6-4-2)22-42-31-28(37)29(44-45(39,40)41)27(36)26(21-33)43-31/h9,11,14,16-17,19,23-29,31,33-37H,3-8,10,12-13,15,18,20-22H2,1-2H3,(H,32,38)(H,39,40,41)/b11-9+,16-14-,19-17+. The minimum Gasteiger partial charge on any atom is -0.394 e. The van der Waals surface area contributed by atoms with Gasteiger partial charge in [0.15, 0.2) is 6.29 Å². The Kier molecular flexibility index (Phi) is 21.6. The topological polar surface area (TPSA) is 212 Å². The zero-order valence-electron chi connectivity index (χ0n) is 26.5. The van der Waals surface area contributed by atoms with Crippen LogP contribution in [0, 0.1) is 0 Å². The normalized spacial score (nSPS) is 24.8. The number of rotatable bonds is 24. The molecule has 1 rings (SSSR count). The highest BCUT2D eigenvalue weighted by atomic mass is 32.3. The van der Waals surface area contributed by atoms with E-state index in [1.165, 1.54) is 12.5 Å². The van der Waals surface area contributed by atoms with Crippen LogP contribution in [0.25, 0.3) is 0 Å². The molecule has 1 aliphatic heterocycles. The van der Waals surface area contributed by atoms with E-state index in [4.69, 9.17) is 14.0 Å². The van der Waals surface area contributed by atoms with Crippen molar-refractivity contribution in [2.45, 2.75) is 140 Å². The summed E-state index contributed by atoms with van der Waals surface area (Å²) in [4.78, 5) is 12.8.